The fourth-order valence-electron chi connectivity index (χ4n) is 1.57. The predicted molar refractivity (Wildman–Crippen MR) is 55.5 cm³/mol. The Labute approximate surface area is 91.7 Å². The summed E-state index contributed by atoms with van der Waals surface area (Å²) in [5, 5.41) is 11.0. The van der Waals surface area contributed by atoms with Gasteiger partial charge in [-0.25, -0.2) is 8.42 Å². The monoisotopic (exact) mass is 246 g/mol. The number of nitro groups is 1. The third-order valence-corrected chi connectivity index (χ3v) is 4.11. The summed E-state index contributed by atoms with van der Waals surface area (Å²) in [7, 11) is -4.12. The first kappa shape index (κ1) is 12.4. The van der Waals surface area contributed by atoms with Crippen molar-refractivity contribution in [3.8, 4) is 0 Å². The number of rotatable bonds is 3. The van der Waals surface area contributed by atoms with Crippen molar-refractivity contribution >= 4 is 15.7 Å². The lowest BCUT2D eigenvalue weighted by Crippen LogP contribution is -2.54. The minimum Gasteiger partial charge on any atom is -0.369 e. The van der Waals surface area contributed by atoms with Gasteiger partial charge in [0, 0.05) is 17.3 Å². The maximum absolute atomic E-state index is 11.5. The molecule has 0 aromatic carbocycles. The highest BCUT2D eigenvalue weighted by molar-refractivity contribution is 7.92. The van der Waals surface area contributed by atoms with Gasteiger partial charge in [0.1, 0.15) is 5.92 Å². The van der Waals surface area contributed by atoms with Gasteiger partial charge in [0.15, 0.2) is 0 Å². The number of carbonyl (C=O) groups excluding carboxylic acids is 1. The molecule has 0 spiro atoms. The van der Waals surface area contributed by atoms with E-state index in [4.69, 9.17) is 5.73 Å². The van der Waals surface area contributed by atoms with Gasteiger partial charge in [-0.15, -0.1) is 0 Å². The van der Waals surface area contributed by atoms with Gasteiger partial charge in [-0.05, 0) is 0 Å². The number of primary amides is 1. The van der Waals surface area contributed by atoms with Gasteiger partial charge in [0.05, 0.1) is 0 Å². The molecule has 1 aliphatic carbocycles. The van der Waals surface area contributed by atoms with Crippen LogP contribution < -0.4 is 5.73 Å². The standard InChI is InChI=1S/C8H10N2O5S/c1-16(14,15)8(10(12)13)5-3-2-4-6(8)7(9)11/h2-6H,1H3,(H2,9,11). The van der Waals surface area contributed by atoms with Crippen LogP contribution in [0.2, 0.25) is 0 Å². The zero-order valence-electron chi connectivity index (χ0n) is 8.36. The van der Waals surface area contributed by atoms with Crippen LogP contribution in [0.1, 0.15) is 0 Å². The molecular weight excluding hydrogens is 236 g/mol. The van der Waals surface area contributed by atoms with E-state index in [-0.39, 0.29) is 0 Å². The number of allylic oxidation sites excluding steroid dienone is 2. The summed E-state index contributed by atoms with van der Waals surface area (Å²) in [5.41, 5.74) is 4.98. The SMILES string of the molecule is CS(=O)(=O)C1([N+](=O)[O-])C=CC=CC1C(N)=O. The Bertz CT molecular complexity index is 493. The number of hydrogen-bond acceptors (Lipinski definition) is 5. The van der Waals surface area contributed by atoms with Gasteiger partial charge in [0.2, 0.25) is 15.7 Å². The summed E-state index contributed by atoms with van der Waals surface area (Å²) in [6, 6.07) is 0. The van der Waals surface area contributed by atoms with E-state index in [2.05, 4.69) is 0 Å². The molecule has 1 rings (SSSR count). The lowest BCUT2D eigenvalue weighted by Gasteiger charge is -2.26. The molecule has 0 bridgehead atoms. The molecule has 0 aromatic rings. The zero-order chi connectivity index (χ0) is 12.6. The number of carbonyl (C=O) groups is 1. The van der Waals surface area contributed by atoms with Gasteiger partial charge < -0.3 is 5.73 Å². The van der Waals surface area contributed by atoms with E-state index in [9.17, 15) is 23.3 Å². The van der Waals surface area contributed by atoms with Gasteiger partial charge in [0.25, 0.3) is 0 Å². The Balaban J connectivity index is 3.52. The largest absolute Gasteiger partial charge is 0.369 e. The van der Waals surface area contributed by atoms with Crippen molar-refractivity contribution in [2.24, 2.45) is 11.7 Å². The molecular formula is C8H10N2O5S. The average molecular weight is 246 g/mol. The van der Waals surface area contributed by atoms with Crippen molar-refractivity contribution in [2.45, 2.75) is 4.87 Å². The average Bonchev–Trinajstić information content (AvgIpc) is 2.15. The molecule has 2 N–H and O–H groups in total. The molecule has 7 nitrogen and oxygen atoms in total. The predicted octanol–water partition coefficient (Wildman–Crippen LogP) is -0.769. The van der Waals surface area contributed by atoms with Gasteiger partial charge >= 0.3 is 4.87 Å². The van der Waals surface area contributed by atoms with E-state index in [0.29, 0.717) is 6.26 Å². The fraction of sp³-hybridized carbons (Fsp3) is 0.375. The van der Waals surface area contributed by atoms with Crippen molar-refractivity contribution in [3.63, 3.8) is 0 Å². The summed E-state index contributed by atoms with van der Waals surface area (Å²) >= 11 is 0. The molecule has 0 saturated carbocycles. The maximum atomic E-state index is 11.5. The van der Waals surface area contributed by atoms with Crippen molar-refractivity contribution in [2.75, 3.05) is 6.26 Å². The molecule has 88 valence electrons. The van der Waals surface area contributed by atoms with Crippen LogP contribution in [0.15, 0.2) is 24.3 Å². The van der Waals surface area contributed by atoms with E-state index in [0.717, 1.165) is 12.2 Å². The molecule has 1 aliphatic rings. The highest BCUT2D eigenvalue weighted by atomic mass is 32.2. The summed E-state index contributed by atoms with van der Waals surface area (Å²) in [5.74, 6) is -2.55. The minimum atomic E-state index is -4.12. The normalized spacial score (nSPS) is 28.9. The molecule has 0 aromatic heterocycles. The topological polar surface area (TPSA) is 120 Å². The van der Waals surface area contributed by atoms with Crippen molar-refractivity contribution in [1.29, 1.82) is 0 Å². The third kappa shape index (κ3) is 1.60. The first-order valence-electron chi connectivity index (χ1n) is 4.23. The second-order valence-electron chi connectivity index (χ2n) is 3.41. The van der Waals surface area contributed by atoms with Gasteiger partial charge in [-0.1, -0.05) is 18.2 Å². The van der Waals surface area contributed by atoms with Crippen molar-refractivity contribution in [1.82, 2.24) is 0 Å². The van der Waals surface area contributed by atoms with E-state index >= 15 is 0 Å². The second kappa shape index (κ2) is 3.71. The molecule has 1 amide bonds. The first-order chi connectivity index (χ1) is 7.23. The number of sulfone groups is 1. The summed E-state index contributed by atoms with van der Waals surface area (Å²) < 4.78 is 23.1. The summed E-state index contributed by atoms with van der Waals surface area (Å²) in [6.45, 7) is 0. The van der Waals surface area contributed by atoms with Crippen LogP contribution in [-0.4, -0.2) is 30.4 Å². The quantitative estimate of drug-likeness (QED) is 0.517. The second-order valence-corrected chi connectivity index (χ2v) is 5.60. The molecule has 0 aliphatic heterocycles. The van der Waals surface area contributed by atoms with Crippen molar-refractivity contribution < 1.29 is 18.1 Å². The molecule has 8 heteroatoms. The van der Waals surface area contributed by atoms with E-state index in [1.54, 1.807) is 0 Å². The highest BCUT2D eigenvalue weighted by Gasteiger charge is 2.59. The van der Waals surface area contributed by atoms with Crippen LogP contribution in [0.3, 0.4) is 0 Å². The zero-order valence-corrected chi connectivity index (χ0v) is 9.18. The van der Waals surface area contributed by atoms with Crippen LogP contribution in [0.4, 0.5) is 0 Å². The van der Waals surface area contributed by atoms with Crippen LogP contribution >= 0.6 is 0 Å². The molecule has 0 saturated heterocycles. The van der Waals surface area contributed by atoms with Crippen LogP contribution in [0.5, 0.6) is 0 Å². The van der Waals surface area contributed by atoms with E-state index in [1.165, 1.54) is 12.2 Å². The van der Waals surface area contributed by atoms with Gasteiger partial charge in [-0.2, -0.15) is 0 Å². The molecule has 16 heavy (non-hydrogen) atoms. The Kier molecular flexibility index (Phi) is 2.87. The highest BCUT2D eigenvalue weighted by Crippen LogP contribution is 2.32. The Morgan fingerprint density at radius 2 is 2.06 bits per heavy atom. The Hall–Kier alpha value is -1.70. The van der Waals surface area contributed by atoms with Crippen molar-refractivity contribution in [3.05, 3.63) is 34.4 Å². The fourth-order valence-corrected chi connectivity index (χ4v) is 2.83. The number of nitrogens with zero attached hydrogens (tertiary/aromatic N) is 1. The maximum Gasteiger partial charge on any atom is 0.352 e. The Morgan fingerprint density at radius 1 is 1.50 bits per heavy atom. The van der Waals surface area contributed by atoms with Crippen LogP contribution in [-0.2, 0) is 14.6 Å². The van der Waals surface area contributed by atoms with Crippen LogP contribution in [0, 0.1) is 16.0 Å². The Morgan fingerprint density at radius 3 is 2.38 bits per heavy atom. The molecule has 0 radical (unpaired) electrons. The number of nitrogens with two attached hydrogens (primary N) is 1. The van der Waals surface area contributed by atoms with Crippen LogP contribution in [0.25, 0.3) is 0 Å². The van der Waals surface area contributed by atoms with E-state index < -0.39 is 31.5 Å². The molecule has 0 heterocycles. The van der Waals surface area contributed by atoms with E-state index in [1.807, 2.05) is 0 Å². The lowest BCUT2D eigenvalue weighted by molar-refractivity contribution is -0.531. The smallest absolute Gasteiger partial charge is 0.352 e. The molecule has 2 unspecified atom stereocenters. The molecule has 2 atom stereocenters. The minimum absolute atomic E-state index is 0.704. The summed E-state index contributed by atoms with van der Waals surface area (Å²) in [6.07, 6.45) is 5.25. The number of hydrogen-bond donors (Lipinski definition) is 1. The first-order valence-corrected chi connectivity index (χ1v) is 6.12. The summed E-state index contributed by atoms with van der Waals surface area (Å²) in [4.78, 5) is 18.6. The van der Waals surface area contributed by atoms with Gasteiger partial charge in [-0.3, -0.25) is 14.9 Å². The molecule has 0 fully saturated rings. The third-order valence-electron chi connectivity index (χ3n) is 2.38. The lowest BCUT2D eigenvalue weighted by atomic mass is 9.94. The number of amides is 1.